The maximum Gasteiger partial charge on any atom is 0.303 e. The number of carbonyl (C=O) groups excluding carboxylic acids is 2. The minimum Gasteiger partial charge on any atom is -0.495 e. The minimum atomic E-state index is -3.72. The van der Waals surface area contributed by atoms with E-state index in [1.165, 1.54) is 13.0 Å². The molecule has 12 heteroatoms. The van der Waals surface area contributed by atoms with Gasteiger partial charge in [0.25, 0.3) is 5.91 Å². The molecule has 0 saturated carbocycles. The predicted octanol–water partition coefficient (Wildman–Crippen LogP) is 1.65. The zero-order valence-corrected chi connectivity index (χ0v) is 23.9. The molecule has 2 aliphatic heterocycles. The summed E-state index contributed by atoms with van der Waals surface area (Å²) in [6, 6.07) is 13.8. The van der Waals surface area contributed by atoms with Crippen molar-refractivity contribution in [2.45, 2.75) is 24.3 Å². The van der Waals surface area contributed by atoms with Gasteiger partial charge in [0, 0.05) is 58.3 Å². The van der Waals surface area contributed by atoms with Crippen molar-refractivity contribution in [3.8, 4) is 5.75 Å². The Labute approximate surface area is 236 Å². The summed E-state index contributed by atoms with van der Waals surface area (Å²) in [6.07, 6.45) is -0.308. The number of nitrogens with one attached hydrogen (secondary N) is 1. The average molecular weight is 575 g/mol. The van der Waals surface area contributed by atoms with E-state index in [2.05, 4.69) is 9.62 Å². The van der Waals surface area contributed by atoms with Gasteiger partial charge in [0.05, 0.1) is 30.9 Å². The van der Waals surface area contributed by atoms with Crippen LogP contribution in [0.15, 0.2) is 53.4 Å². The molecule has 0 unspecified atom stereocenters. The number of hydrogen-bond donors (Lipinski definition) is 1. The molecule has 0 aromatic heterocycles. The number of nitrogens with zero attached hydrogens (tertiary/aromatic N) is 3. The third kappa shape index (κ3) is 7.72. The van der Waals surface area contributed by atoms with Crippen LogP contribution in [0.25, 0.3) is 0 Å². The van der Waals surface area contributed by atoms with Crippen LogP contribution in [0.3, 0.4) is 0 Å². The third-order valence-corrected chi connectivity index (χ3v) is 8.51. The van der Waals surface area contributed by atoms with E-state index in [0.717, 1.165) is 19.6 Å². The molecule has 218 valence electrons. The summed E-state index contributed by atoms with van der Waals surface area (Å²) in [5.41, 5.74) is 1.26. The number of piperazine rings is 1. The van der Waals surface area contributed by atoms with Crippen LogP contribution >= 0.6 is 0 Å². The van der Waals surface area contributed by atoms with Crippen LogP contribution in [0.5, 0.6) is 5.75 Å². The van der Waals surface area contributed by atoms with Crippen LogP contribution in [0.4, 0.5) is 5.69 Å². The van der Waals surface area contributed by atoms with Crippen molar-refractivity contribution in [2.75, 3.05) is 77.6 Å². The standard InChI is InChI=1S/C28H38N4O7S/c1-22(33)39-27(23-7-4-3-5-8-23)28(34)32-15-13-31(14-16-32)25-21-24(9-10-26(25)37-2)40(35,36)29-11-6-12-30-17-19-38-20-18-30/h3-5,7-10,21,27,29H,6,11-20H2,1-2H3/t27-/m1/s1. The lowest BCUT2D eigenvalue weighted by atomic mass is 10.1. The van der Waals surface area contributed by atoms with E-state index in [1.54, 1.807) is 48.4 Å². The fourth-order valence-electron chi connectivity index (χ4n) is 4.89. The topological polar surface area (TPSA) is 118 Å². The molecule has 2 aromatic rings. The van der Waals surface area contributed by atoms with E-state index in [-0.39, 0.29) is 10.8 Å². The Balaban J connectivity index is 1.39. The number of hydrogen-bond acceptors (Lipinski definition) is 9. The van der Waals surface area contributed by atoms with Gasteiger partial charge in [-0.2, -0.15) is 0 Å². The fourth-order valence-corrected chi connectivity index (χ4v) is 5.98. The van der Waals surface area contributed by atoms with E-state index in [1.807, 2.05) is 11.0 Å². The highest BCUT2D eigenvalue weighted by atomic mass is 32.2. The van der Waals surface area contributed by atoms with Crippen LogP contribution in [0.2, 0.25) is 0 Å². The zero-order valence-electron chi connectivity index (χ0n) is 23.1. The highest BCUT2D eigenvalue weighted by Crippen LogP contribution is 2.32. The molecule has 2 heterocycles. The van der Waals surface area contributed by atoms with Gasteiger partial charge in [-0.05, 0) is 31.2 Å². The number of rotatable bonds is 11. The van der Waals surface area contributed by atoms with Crippen molar-refractivity contribution in [3.63, 3.8) is 0 Å². The van der Waals surface area contributed by atoms with Gasteiger partial charge in [0.1, 0.15) is 5.75 Å². The van der Waals surface area contributed by atoms with Gasteiger partial charge in [-0.1, -0.05) is 30.3 Å². The molecule has 2 saturated heterocycles. The number of benzene rings is 2. The third-order valence-electron chi connectivity index (χ3n) is 7.05. The average Bonchev–Trinajstić information content (AvgIpc) is 2.98. The molecule has 0 aliphatic carbocycles. The second-order valence-electron chi connectivity index (χ2n) is 9.75. The SMILES string of the molecule is COc1ccc(S(=O)(=O)NCCCN2CCOCC2)cc1N1CCN(C(=O)[C@H](OC(C)=O)c2ccccc2)CC1. The molecule has 0 spiro atoms. The maximum absolute atomic E-state index is 13.3. The lowest BCUT2D eigenvalue weighted by Gasteiger charge is -2.38. The van der Waals surface area contributed by atoms with Crippen LogP contribution in [-0.4, -0.2) is 103 Å². The van der Waals surface area contributed by atoms with Crippen LogP contribution in [0.1, 0.15) is 25.0 Å². The smallest absolute Gasteiger partial charge is 0.303 e. The molecule has 4 rings (SSSR count). The van der Waals surface area contributed by atoms with Crippen LogP contribution < -0.4 is 14.4 Å². The van der Waals surface area contributed by atoms with Gasteiger partial charge in [-0.15, -0.1) is 0 Å². The van der Waals surface area contributed by atoms with E-state index in [4.69, 9.17) is 14.2 Å². The van der Waals surface area contributed by atoms with Crippen molar-refractivity contribution < 1.29 is 32.2 Å². The molecule has 0 bridgehead atoms. The monoisotopic (exact) mass is 574 g/mol. The van der Waals surface area contributed by atoms with E-state index in [9.17, 15) is 18.0 Å². The Kier molecular flexibility index (Phi) is 10.4. The van der Waals surface area contributed by atoms with Gasteiger partial charge in [0.15, 0.2) is 0 Å². The zero-order chi connectivity index (χ0) is 28.5. The summed E-state index contributed by atoms with van der Waals surface area (Å²) < 4.78 is 45.1. The fraction of sp³-hybridized carbons (Fsp3) is 0.500. The van der Waals surface area contributed by atoms with Crippen molar-refractivity contribution in [3.05, 3.63) is 54.1 Å². The summed E-state index contributed by atoms with van der Waals surface area (Å²) in [7, 11) is -2.17. The highest BCUT2D eigenvalue weighted by Gasteiger charge is 2.32. The number of anilines is 1. The highest BCUT2D eigenvalue weighted by molar-refractivity contribution is 7.89. The number of esters is 1. The molecule has 1 N–H and O–H groups in total. The molecule has 40 heavy (non-hydrogen) atoms. The number of ether oxygens (including phenoxy) is 3. The number of amides is 1. The Morgan fingerprint density at radius 1 is 1.00 bits per heavy atom. The Morgan fingerprint density at radius 3 is 2.35 bits per heavy atom. The number of sulfonamides is 1. The van der Waals surface area contributed by atoms with E-state index in [0.29, 0.717) is 69.4 Å². The Hall–Kier alpha value is -3.19. The largest absolute Gasteiger partial charge is 0.495 e. The van der Waals surface area contributed by atoms with E-state index >= 15 is 0 Å². The summed E-state index contributed by atoms with van der Waals surface area (Å²) >= 11 is 0. The lowest BCUT2D eigenvalue weighted by Crippen LogP contribution is -2.50. The molecule has 1 atom stereocenters. The minimum absolute atomic E-state index is 0.159. The first-order valence-corrected chi connectivity index (χ1v) is 15.0. The molecular formula is C28H38N4O7S. The van der Waals surface area contributed by atoms with Crippen molar-refractivity contribution in [1.29, 1.82) is 0 Å². The maximum atomic E-state index is 13.3. The predicted molar refractivity (Wildman–Crippen MR) is 150 cm³/mol. The first kappa shape index (κ1) is 29.8. The Morgan fingerprint density at radius 2 is 1.70 bits per heavy atom. The molecule has 2 aromatic carbocycles. The molecule has 2 fully saturated rings. The normalized spacial score (nSPS) is 17.4. The summed E-state index contributed by atoms with van der Waals surface area (Å²) in [5, 5.41) is 0. The van der Waals surface area contributed by atoms with Crippen LogP contribution in [0, 0.1) is 0 Å². The lowest BCUT2D eigenvalue weighted by molar-refractivity contribution is -0.159. The van der Waals surface area contributed by atoms with Crippen molar-refractivity contribution in [1.82, 2.24) is 14.5 Å². The first-order chi connectivity index (χ1) is 19.3. The van der Waals surface area contributed by atoms with Gasteiger partial charge < -0.3 is 24.0 Å². The molecular weight excluding hydrogens is 536 g/mol. The van der Waals surface area contributed by atoms with E-state index < -0.39 is 22.1 Å². The molecule has 0 radical (unpaired) electrons. The van der Waals surface area contributed by atoms with Gasteiger partial charge >= 0.3 is 5.97 Å². The summed E-state index contributed by atoms with van der Waals surface area (Å²) in [4.78, 5) is 31.1. The number of carbonyl (C=O) groups is 2. The molecule has 1 amide bonds. The van der Waals surface area contributed by atoms with Crippen LogP contribution in [-0.2, 0) is 29.1 Å². The second-order valence-corrected chi connectivity index (χ2v) is 11.5. The second kappa shape index (κ2) is 13.9. The Bertz CT molecular complexity index is 1240. The quantitative estimate of drug-likeness (QED) is 0.316. The van der Waals surface area contributed by atoms with Crippen molar-refractivity contribution in [2.24, 2.45) is 0 Å². The van der Waals surface area contributed by atoms with Gasteiger partial charge in [-0.3, -0.25) is 14.5 Å². The van der Waals surface area contributed by atoms with Crippen molar-refractivity contribution >= 4 is 27.6 Å². The summed E-state index contributed by atoms with van der Waals surface area (Å²) in [5.74, 6) is -0.267. The molecule has 11 nitrogen and oxygen atoms in total. The number of methoxy groups -OCH3 is 1. The van der Waals surface area contributed by atoms with Gasteiger partial charge in [-0.25, -0.2) is 13.1 Å². The first-order valence-electron chi connectivity index (χ1n) is 13.5. The number of morpholine rings is 1. The van der Waals surface area contributed by atoms with Gasteiger partial charge in [0.2, 0.25) is 16.1 Å². The summed E-state index contributed by atoms with van der Waals surface area (Å²) in [6.45, 7) is 7.26. The molecule has 2 aliphatic rings.